The van der Waals surface area contributed by atoms with Gasteiger partial charge in [0, 0.05) is 37.0 Å². The maximum Gasteiger partial charge on any atom is 0.270 e. The molecule has 0 bridgehead atoms. The van der Waals surface area contributed by atoms with Crippen LogP contribution in [0.1, 0.15) is 5.69 Å². The highest BCUT2D eigenvalue weighted by atomic mass is 32.1. The van der Waals surface area contributed by atoms with Gasteiger partial charge in [-0.3, -0.25) is 10.1 Å². The van der Waals surface area contributed by atoms with Gasteiger partial charge in [0.25, 0.3) is 5.69 Å². The fraction of sp³-hybridized carbons (Fsp3) is 0.167. The second kappa shape index (κ2) is 5.25. The molecule has 8 heteroatoms. The summed E-state index contributed by atoms with van der Waals surface area (Å²) in [5.74, 6) is 0. The van der Waals surface area contributed by atoms with Gasteiger partial charge in [0.15, 0.2) is 5.13 Å². The number of benzene rings is 1. The van der Waals surface area contributed by atoms with Crippen molar-refractivity contribution in [2.24, 2.45) is 0 Å². The largest absolute Gasteiger partial charge is 0.361 e. The highest BCUT2D eigenvalue weighted by Gasteiger charge is 2.09. The minimum atomic E-state index is -0.398. The Morgan fingerprint density at radius 2 is 2.35 bits per heavy atom. The molecule has 0 aliphatic rings. The van der Waals surface area contributed by atoms with E-state index in [4.69, 9.17) is 0 Å². The van der Waals surface area contributed by atoms with E-state index in [0.29, 0.717) is 0 Å². The molecule has 0 spiro atoms. The Labute approximate surface area is 117 Å². The highest BCUT2D eigenvalue weighted by molar-refractivity contribution is 7.22. The fourth-order valence-corrected chi connectivity index (χ4v) is 2.75. The van der Waals surface area contributed by atoms with E-state index < -0.39 is 4.92 Å². The van der Waals surface area contributed by atoms with Crippen LogP contribution in [0, 0.1) is 10.1 Å². The molecule has 0 aliphatic heterocycles. The number of thiazole rings is 1. The summed E-state index contributed by atoms with van der Waals surface area (Å²) in [7, 11) is 0. The van der Waals surface area contributed by atoms with Gasteiger partial charge in [0.05, 0.1) is 21.5 Å². The van der Waals surface area contributed by atoms with Gasteiger partial charge in [-0.25, -0.2) is 9.97 Å². The van der Waals surface area contributed by atoms with E-state index >= 15 is 0 Å². The molecule has 0 amide bonds. The standard InChI is InChI=1S/C12H11N5O2S/c18-17(19)9-1-2-10-11(5-9)20-12(16-10)14-4-3-8-6-13-7-15-8/h1-2,5-7H,3-4H2,(H,13,15)(H,14,16). The number of nitrogens with zero attached hydrogens (tertiary/aromatic N) is 3. The van der Waals surface area contributed by atoms with Gasteiger partial charge in [-0.2, -0.15) is 0 Å². The molecular formula is C12H11N5O2S. The van der Waals surface area contributed by atoms with Crippen LogP contribution in [0.15, 0.2) is 30.7 Å². The lowest BCUT2D eigenvalue weighted by Gasteiger charge is -1.99. The van der Waals surface area contributed by atoms with E-state index in [1.54, 1.807) is 24.7 Å². The monoisotopic (exact) mass is 289 g/mol. The summed E-state index contributed by atoms with van der Waals surface area (Å²) >= 11 is 1.41. The van der Waals surface area contributed by atoms with Crippen molar-refractivity contribution in [3.05, 3.63) is 46.5 Å². The third-order valence-electron chi connectivity index (χ3n) is 2.81. The van der Waals surface area contributed by atoms with Crippen molar-refractivity contribution in [2.75, 3.05) is 11.9 Å². The Bertz CT molecular complexity index is 737. The number of aromatic nitrogens is 3. The van der Waals surface area contributed by atoms with Crippen molar-refractivity contribution in [1.82, 2.24) is 15.0 Å². The zero-order valence-corrected chi connectivity index (χ0v) is 11.2. The summed E-state index contributed by atoms with van der Waals surface area (Å²) in [5, 5.41) is 14.7. The zero-order valence-electron chi connectivity index (χ0n) is 10.4. The van der Waals surface area contributed by atoms with Crippen LogP contribution in [-0.2, 0) is 6.42 Å². The minimum Gasteiger partial charge on any atom is -0.361 e. The van der Waals surface area contributed by atoms with Gasteiger partial charge in [-0.1, -0.05) is 11.3 Å². The number of hydrogen-bond acceptors (Lipinski definition) is 6. The second-order valence-corrected chi connectivity index (χ2v) is 5.21. The van der Waals surface area contributed by atoms with Crippen molar-refractivity contribution in [3.63, 3.8) is 0 Å². The number of aromatic amines is 1. The van der Waals surface area contributed by atoms with Crippen LogP contribution in [0.2, 0.25) is 0 Å². The maximum atomic E-state index is 10.7. The molecule has 3 aromatic rings. The number of hydrogen-bond donors (Lipinski definition) is 2. The molecule has 0 atom stereocenters. The fourth-order valence-electron chi connectivity index (χ4n) is 1.83. The van der Waals surface area contributed by atoms with E-state index in [1.165, 1.54) is 17.4 Å². The molecule has 0 saturated carbocycles. The molecule has 2 N–H and O–H groups in total. The van der Waals surface area contributed by atoms with E-state index in [-0.39, 0.29) is 5.69 Å². The van der Waals surface area contributed by atoms with Gasteiger partial charge in [0.1, 0.15) is 0 Å². The van der Waals surface area contributed by atoms with Gasteiger partial charge in [-0.05, 0) is 6.07 Å². The Morgan fingerprint density at radius 3 is 3.10 bits per heavy atom. The topological polar surface area (TPSA) is 96.7 Å². The lowest BCUT2D eigenvalue weighted by Crippen LogP contribution is -2.04. The van der Waals surface area contributed by atoms with Crippen molar-refractivity contribution < 1.29 is 4.92 Å². The number of nitrogens with one attached hydrogen (secondary N) is 2. The number of H-pyrrole nitrogens is 1. The lowest BCUT2D eigenvalue weighted by atomic mass is 10.3. The first-order chi connectivity index (χ1) is 9.72. The number of imidazole rings is 1. The summed E-state index contributed by atoms with van der Waals surface area (Å²) in [6.45, 7) is 0.726. The number of anilines is 1. The molecule has 0 fully saturated rings. The van der Waals surface area contributed by atoms with Crippen LogP contribution in [0.25, 0.3) is 10.2 Å². The van der Waals surface area contributed by atoms with Crippen LogP contribution in [0.3, 0.4) is 0 Å². The van der Waals surface area contributed by atoms with Gasteiger partial charge in [0.2, 0.25) is 0 Å². The Kier molecular flexibility index (Phi) is 3.30. The Morgan fingerprint density at radius 1 is 1.45 bits per heavy atom. The third-order valence-corrected chi connectivity index (χ3v) is 3.78. The highest BCUT2D eigenvalue weighted by Crippen LogP contribution is 2.28. The van der Waals surface area contributed by atoms with Crippen LogP contribution >= 0.6 is 11.3 Å². The average Bonchev–Trinajstić information content (AvgIpc) is 3.06. The molecule has 3 rings (SSSR count). The second-order valence-electron chi connectivity index (χ2n) is 4.18. The number of non-ortho nitro benzene ring substituents is 1. The first-order valence-electron chi connectivity index (χ1n) is 5.98. The van der Waals surface area contributed by atoms with Crippen LogP contribution in [-0.4, -0.2) is 26.4 Å². The van der Waals surface area contributed by atoms with Gasteiger partial charge >= 0.3 is 0 Å². The lowest BCUT2D eigenvalue weighted by molar-refractivity contribution is -0.384. The first-order valence-corrected chi connectivity index (χ1v) is 6.80. The molecule has 2 heterocycles. The molecule has 102 valence electrons. The zero-order chi connectivity index (χ0) is 13.9. The molecular weight excluding hydrogens is 278 g/mol. The van der Waals surface area contributed by atoms with E-state index in [1.807, 2.05) is 0 Å². The van der Waals surface area contributed by atoms with Gasteiger partial charge in [-0.15, -0.1) is 0 Å². The number of nitro groups is 1. The van der Waals surface area contributed by atoms with Crippen molar-refractivity contribution in [3.8, 4) is 0 Å². The van der Waals surface area contributed by atoms with Gasteiger partial charge < -0.3 is 10.3 Å². The number of fused-ring (bicyclic) bond motifs is 1. The normalized spacial score (nSPS) is 10.8. The summed E-state index contributed by atoms with van der Waals surface area (Å²) in [6, 6.07) is 4.69. The summed E-state index contributed by atoms with van der Waals surface area (Å²) in [6.07, 6.45) is 4.24. The van der Waals surface area contributed by atoms with Crippen LogP contribution in [0.5, 0.6) is 0 Å². The molecule has 2 aromatic heterocycles. The average molecular weight is 289 g/mol. The predicted molar refractivity (Wildman–Crippen MR) is 77.1 cm³/mol. The van der Waals surface area contributed by atoms with Crippen molar-refractivity contribution >= 4 is 32.4 Å². The molecule has 0 aliphatic carbocycles. The molecule has 20 heavy (non-hydrogen) atoms. The molecule has 7 nitrogen and oxygen atoms in total. The van der Waals surface area contributed by atoms with E-state index in [2.05, 4.69) is 20.3 Å². The van der Waals surface area contributed by atoms with E-state index in [9.17, 15) is 10.1 Å². The summed E-state index contributed by atoms with van der Waals surface area (Å²) < 4.78 is 0.809. The third kappa shape index (κ3) is 2.59. The van der Waals surface area contributed by atoms with Crippen LogP contribution in [0.4, 0.5) is 10.8 Å². The molecule has 0 unspecified atom stereocenters. The number of rotatable bonds is 5. The summed E-state index contributed by atoms with van der Waals surface area (Å²) in [4.78, 5) is 21.7. The molecule has 0 radical (unpaired) electrons. The Balaban J connectivity index is 1.70. The summed E-state index contributed by atoms with van der Waals surface area (Å²) in [5.41, 5.74) is 1.91. The smallest absolute Gasteiger partial charge is 0.270 e. The number of nitro benzene ring substituents is 1. The Hall–Kier alpha value is -2.48. The predicted octanol–water partition coefficient (Wildman–Crippen LogP) is 2.58. The van der Waals surface area contributed by atoms with Crippen molar-refractivity contribution in [1.29, 1.82) is 0 Å². The van der Waals surface area contributed by atoms with E-state index in [0.717, 1.165) is 34.0 Å². The molecule has 1 aromatic carbocycles. The first kappa shape index (κ1) is 12.5. The minimum absolute atomic E-state index is 0.0881. The molecule has 0 saturated heterocycles. The quantitative estimate of drug-likeness (QED) is 0.556. The van der Waals surface area contributed by atoms with Crippen molar-refractivity contribution in [2.45, 2.75) is 6.42 Å². The van der Waals surface area contributed by atoms with Crippen LogP contribution < -0.4 is 5.32 Å². The SMILES string of the molecule is O=[N+]([O-])c1ccc2nc(NCCc3cnc[nH]3)sc2c1. The maximum absolute atomic E-state index is 10.7.